The van der Waals surface area contributed by atoms with Crippen LogP contribution in [0.5, 0.6) is 0 Å². The Hall–Kier alpha value is -2.23. The zero-order valence-corrected chi connectivity index (χ0v) is 21.5. The summed E-state index contributed by atoms with van der Waals surface area (Å²) in [5.41, 5.74) is 2.17. The summed E-state index contributed by atoms with van der Waals surface area (Å²) in [6.45, 7) is 3.87. The Morgan fingerprint density at radius 3 is 2.77 bits per heavy atom. The summed E-state index contributed by atoms with van der Waals surface area (Å²) in [6.07, 6.45) is 7.08. The van der Waals surface area contributed by atoms with Gasteiger partial charge in [-0.15, -0.1) is 12.4 Å². The third-order valence-corrected chi connectivity index (χ3v) is 6.84. The lowest BCUT2D eigenvalue weighted by Crippen LogP contribution is -2.42. The number of carbonyl (C=O) groups excluding carboxylic acids is 2. The molecule has 1 aliphatic heterocycles. The Balaban J connectivity index is 0.00000342. The second kappa shape index (κ2) is 12.6. The molecule has 10 heteroatoms. The fourth-order valence-corrected chi connectivity index (χ4v) is 4.62. The first-order chi connectivity index (χ1) is 16.5. The van der Waals surface area contributed by atoms with Gasteiger partial charge in [0.2, 0.25) is 0 Å². The van der Waals surface area contributed by atoms with Gasteiger partial charge in [-0.3, -0.25) is 14.5 Å². The number of Topliss-reactive ketones (excluding diaryl/α,β-unsaturated/α-hetero) is 1. The van der Waals surface area contributed by atoms with E-state index >= 15 is 0 Å². The number of carbonyl (C=O) groups is 2. The third kappa shape index (κ3) is 7.15. The number of likely N-dealkylation sites (tertiary alicyclic amines) is 1. The maximum Gasteiger partial charge on any atom is 0.305 e. The van der Waals surface area contributed by atoms with Crippen LogP contribution in [-0.2, 0) is 20.9 Å². The summed E-state index contributed by atoms with van der Waals surface area (Å²) in [7, 11) is 0. The van der Waals surface area contributed by atoms with Crippen LogP contribution in [0.15, 0.2) is 36.0 Å². The van der Waals surface area contributed by atoms with Crippen molar-refractivity contribution < 1.29 is 18.7 Å². The predicted molar refractivity (Wildman–Crippen MR) is 137 cm³/mol. The molecule has 2 aliphatic rings. The van der Waals surface area contributed by atoms with E-state index in [0.29, 0.717) is 50.3 Å². The molecule has 2 heterocycles. The summed E-state index contributed by atoms with van der Waals surface area (Å²) < 4.78 is 19.6. The van der Waals surface area contributed by atoms with E-state index in [4.69, 9.17) is 17.4 Å². The van der Waals surface area contributed by atoms with Gasteiger partial charge >= 0.3 is 5.97 Å². The van der Waals surface area contributed by atoms with Crippen molar-refractivity contribution in [2.75, 3.05) is 19.7 Å². The lowest BCUT2D eigenvalue weighted by molar-refractivity contribution is -0.143. The van der Waals surface area contributed by atoms with E-state index in [1.54, 1.807) is 36.1 Å². The zero-order chi connectivity index (χ0) is 24.1. The zero-order valence-electron chi connectivity index (χ0n) is 19.8. The molecule has 0 spiro atoms. The predicted octanol–water partition coefficient (Wildman–Crippen LogP) is 4.29. The van der Waals surface area contributed by atoms with Crippen molar-refractivity contribution in [3.63, 3.8) is 0 Å². The van der Waals surface area contributed by atoms with E-state index in [1.165, 1.54) is 6.07 Å². The van der Waals surface area contributed by atoms with E-state index < -0.39 is 6.04 Å². The van der Waals surface area contributed by atoms with Gasteiger partial charge in [-0.05, 0) is 50.3 Å². The topological polar surface area (TPSA) is 77.3 Å². The molecule has 1 saturated heterocycles. The average Bonchev–Trinajstić information content (AvgIpc) is 3.58. The monoisotopic (exact) mass is 522 g/mol. The summed E-state index contributed by atoms with van der Waals surface area (Å²) in [4.78, 5) is 28.3. The summed E-state index contributed by atoms with van der Waals surface area (Å²) in [5.74, 6) is -0.428. The Morgan fingerprint density at radius 1 is 1.29 bits per heavy atom. The minimum absolute atomic E-state index is 0. The fraction of sp³-hybridized carbons (Fsp3) is 0.520. The molecule has 190 valence electrons. The molecule has 1 aromatic carbocycles. The van der Waals surface area contributed by atoms with Gasteiger partial charge in [0, 0.05) is 36.2 Å². The number of hydrogen-bond acceptors (Lipinski definition) is 7. The molecule has 2 aromatic rings. The van der Waals surface area contributed by atoms with Crippen molar-refractivity contribution in [2.24, 2.45) is 5.92 Å². The van der Waals surface area contributed by atoms with Crippen LogP contribution in [0, 0.1) is 11.7 Å². The molecular formula is C25H32ClFN4O3S. The van der Waals surface area contributed by atoms with Gasteiger partial charge < -0.3 is 4.74 Å². The van der Waals surface area contributed by atoms with Crippen LogP contribution in [0.2, 0.25) is 0 Å². The van der Waals surface area contributed by atoms with Crippen LogP contribution in [-0.4, -0.2) is 56.6 Å². The van der Waals surface area contributed by atoms with Crippen molar-refractivity contribution in [3.8, 4) is 0 Å². The largest absolute Gasteiger partial charge is 0.466 e. The molecule has 0 N–H and O–H groups in total. The molecule has 0 radical (unpaired) electrons. The lowest BCUT2D eigenvalue weighted by atomic mass is 9.93. The highest BCUT2D eigenvalue weighted by Gasteiger charge is 2.40. The lowest BCUT2D eigenvalue weighted by Gasteiger charge is -2.37. The van der Waals surface area contributed by atoms with Crippen LogP contribution in [0.4, 0.5) is 4.39 Å². The fourth-order valence-electron chi connectivity index (χ4n) is 4.35. The van der Waals surface area contributed by atoms with E-state index in [9.17, 15) is 14.0 Å². The minimum Gasteiger partial charge on any atom is -0.466 e. The SMILES string of the molecule is CCOC(=O)CCCn1ncc(C=C2CN(C(C(=O)C3CC3)c3ccccc3F)CCC2S)n1.Cl. The molecule has 4 rings (SSSR count). The second-order valence-corrected chi connectivity index (χ2v) is 9.49. The van der Waals surface area contributed by atoms with Gasteiger partial charge in [-0.1, -0.05) is 18.2 Å². The molecule has 1 saturated carbocycles. The van der Waals surface area contributed by atoms with Crippen molar-refractivity contribution in [3.05, 3.63) is 53.1 Å². The number of ether oxygens (including phenoxy) is 1. The molecule has 1 aliphatic carbocycles. The highest BCUT2D eigenvalue weighted by Crippen LogP contribution is 2.39. The summed E-state index contributed by atoms with van der Waals surface area (Å²) in [6, 6.07) is 5.99. The molecule has 7 nitrogen and oxygen atoms in total. The molecule has 2 fully saturated rings. The summed E-state index contributed by atoms with van der Waals surface area (Å²) >= 11 is 4.75. The van der Waals surface area contributed by atoms with Crippen molar-refractivity contribution in [2.45, 2.75) is 56.9 Å². The number of aryl methyl sites for hydroxylation is 1. The van der Waals surface area contributed by atoms with Crippen LogP contribution in [0.1, 0.15) is 56.3 Å². The minimum atomic E-state index is -0.587. The Bertz CT molecular complexity index is 1060. The van der Waals surface area contributed by atoms with Crippen LogP contribution in [0.25, 0.3) is 6.08 Å². The quantitative estimate of drug-likeness (QED) is 0.370. The number of rotatable bonds is 10. The molecule has 35 heavy (non-hydrogen) atoms. The van der Waals surface area contributed by atoms with Crippen LogP contribution in [0.3, 0.4) is 0 Å². The number of nitrogens with zero attached hydrogens (tertiary/aromatic N) is 4. The van der Waals surface area contributed by atoms with Crippen molar-refractivity contribution in [1.82, 2.24) is 19.9 Å². The normalized spacial score (nSPS) is 20.3. The van der Waals surface area contributed by atoms with E-state index in [-0.39, 0.29) is 41.1 Å². The molecular weight excluding hydrogens is 491 g/mol. The standard InChI is InChI=1S/C25H31FN4O3S.ClH/c1-2-33-23(31)8-5-12-30-27-15-19(28-30)14-18-16-29(13-11-22(18)34)24(25(32)17-9-10-17)20-6-3-4-7-21(20)26;/h3-4,6-7,14-15,17,22,24,34H,2,5,8-13,16H2,1H3;1H. The van der Waals surface area contributed by atoms with Crippen molar-refractivity contribution >= 4 is 42.9 Å². The summed E-state index contributed by atoms with van der Waals surface area (Å²) in [5, 5.41) is 8.81. The molecule has 0 bridgehead atoms. The number of hydrogen-bond donors (Lipinski definition) is 1. The third-order valence-electron chi connectivity index (χ3n) is 6.25. The number of halogens is 2. The van der Waals surface area contributed by atoms with E-state index in [2.05, 4.69) is 15.1 Å². The number of esters is 1. The van der Waals surface area contributed by atoms with Crippen molar-refractivity contribution in [1.29, 1.82) is 0 Å². The van der Waals surface area contributed by atoms with Crippen LogP contribution < -0.4 is 0 Å². The maximum absolute atomic E-state index is 14.7. The first kappa shape index (κ1) is 27.4. The number of piperidine rings is 1. The Morgan fingerprint density at radius 2 is 2.06 bits per heavy atom. The first-order valence-electron chi connectivity index (χ1n) is 11.9. The van der Waals surface area contributed by atoms with Gasteiger partial charge in [0.05, 0.1) is 25.4 Å². The first-order valence-corrected chi connectivity index (χ1v) is 12.4. The number of thiol groups is 1. The van der Waals surface area contributed by atoms with Gasteiger partial charge in [0.15, 0.2) is 5.78 Å². The Labute approximate surface area is 216 Å². The van der Waals surface area contributed by atoms with Gasteiger partial charge in [-0.25, -0.2) is 4.39 Å². The second-order valence-electron chi connectivity index (χ2n) is 8.87. The molecule has 0 amide bonds. The molecule has 2 atom stereocenters. The van der Waals surface area contributed by atoms with E-state index in [1.807, 2.05) is 6.08 Å². The number of aromatic nitrogens is 3. The van der Waals surface area contributed by atoms with Crippen LogP contribution >= 0.6 is 25.0 Å². The average molecular weight is 523 g/mol. The van der Waals surface area contributed by atoms with Gasteiger partial charge in [0.1, 0.15) is 11.5 Å². The van der Waals surface area contributed by atoms with Gasteiger partial charge in [-0.2, -0.15) is 27.6 Å². The molecule has 2 unspecified atom stereocenters. The van der Waals surface area contributed by atoms with E-state index in [0.717, 1.165) is 24.8 Å². The highest BCUT2D eigenvalue weighted by molar-refractivity contribution is 7.81. The number of benzene rings is 1. The maximum atomic E-state index is 14.7. The highest BCUT2D eigenvalue weighted by atomic mass is 35.5. The smallest absolute Gasteiger partial charge is 0.305 e. The molecule has 1 aromatic heterocycles. The van der Waals surface area contributed by atoms with Gasteiger partial charge in [0.25, 0.3) is 0 Å². The Kier molecular flexibility index (Phi) is 9.89. The number of ketones is 1.